The number of hydrogen-bond acceptors (Lipinski definition) is 3. The van der Waals surface area contributed by atoms with Crippen LogP contribution in [0.25, 0.3) is 101 Å². The number of nitrogens with zero attached hydrogens (tertiary/aromatic N) is 3. The summed E-state index contributed by atoms with van der Waals surface area (Å²) in [5, 5.41) is 2.28. The highest BCUT2D eigenvalue weighted by atomic mass is 15.0. The van der Waals surface area contributed by atoms with Crippen molar-refractivity contribution >= 4 is 10.8 Å². The average molecular weight is 826 g/mol. The van der Waals surface area contributed by atoms with Crippen LogP contribution in [0.5, 0.6) is 0 Å². The van der Waals surface area contributed by atoms with Crippen molar-refractivity contribution in [2.75, 3.05) is 0 Å². The molecule has 1 heterocycles. The molecule has 2 aliphatic carbocycles. The van der Waals surface area contributed by atoms with Gasteiger partial charge in [-0.1, -0.05) is 224 Å². The molecular formula is C62H39N3. The minimum atomic E-state index is -0.378. The lowest BCUT2D eigenvalue weighted by Gasteiger charge is -2.30. The van der Waals surface area contributed by atoms with Crippen molar-refractivity contribution in [3.63, 3.8) is 0 Å². The van der Waals surface area contributed by atoms with Crippen molar-refractivity contribution in [2.24, 2.45) is 0 Å². The molecule has 11 aromatic rings. The number of fused-ring (bicyclic) bond motifs is 11. The zero-order chi connectivity index (χ0) is 42.9. The molecule has 0 bridgehead atoms. The Labute approximate surface area is 378 Å². The van der Waals surface area contributed by atoms with Crippen LogP contribution < -0.4 is 0 Å². The largest absolute Gasteiger partial charge is 0.208 e. The molecule has 10 aromatic carbocycles. The van der Waals surface area contributed by atoms with Crippen LogP contribution in [0.1, 0.15) is 22.3 Å². The van der Waals surface area contributed by atoms with E-state index < -0.39 is 0 Å². The molecule has 0 amide bonds. The van der Waals surface area contributed by atoms with Crippen molar-refractivity contribution in [3.8, 4) is 89.8 Å². The van der Waals surface area contributed by atoms with E-state index in [1.54, 1.807) is 0 Å². The van der Waals surface area contributed by atoms with E-state index in [2.05, 4.69) is 224 Å². The molecule has 0 radical (unpaired) electrons. The summed E-state index contributed by atoms with van der Waals surface area (Å²) in [6, 6.07) is 85.2. The van der Waals surface area contributed by atoms with Crippen molar-refractivity contribution in [1.29, 1.82) is 0 Å². The Morgan fingerprint density at radius 1 is 0.231 bits per heavy atom. The first-order chi connectivity index (χ1) is 32.2. The van der Waals surface area contributed by atoms with Gasteiger partial charge in [0.1, 0.15) is 0 Å². The van der Waals surface area contributed by atoms with Crippen LogP contribution in [-0.4, -0.2) is 15.0 Å². The Morgan fingerprint density at radius 2 is 0.585 bits per heavy atom. The highest BCUT2D eigenvalue weighted by molar-refractivity contribution is 6.01. The SMILES string of the molecule is c1ccc(-c2ccc(-c3nc(-c4ccc(-c5ccccc5)cc4)nc(-c4ccc5cc(-c6cccc7c6-c6ccccc6C76c7ccccc7-c7ccccc76)ccc5c4)n3)cc2)cc1. The second kappa shape index (κ2) is 14.8. The zero-order valence-electron chi connectivity index (χ0n) is 35.4. The quantitative estimate of drug-likeness (QED) is 0.168. The molecular weight excluding hydrogens is 787 g/mol. The monoisotopic (exact) mass is 825 g/mol. The summed E-state index contributed by atoms with van der Waals surface area (Å²) in [7, 11) is 0. The molecule has 65 heavy (non-hydrogen) atoms. The fourth-order valence-electron chi connectivity index (χ4n) is 10.6. The third-order valence-corrected chi connectivity index (χ3v) is 13.6. The molecule has 13 rings (SSSR count). The van der Waals surface area contributed by atoms with Gasteiger partial charge < -0.3 is 0 Å². The summed E-state index contributed by atoms with van der Waals surface area (Å²) < 4.78 is 0. The van der Waals surface area contributed by atoms with Gasteiger partial charge in [-0.3, -0.25) is 0 Å². The first kappa shape index (κ1) is 37.1. The van der Waals surface area contributed by atoms with E-state index in [9.17, 15) is 0 Å². The molecule has 302 valence electrons. The summed E-state index contributed by atoms with van der Waals surface area (Å²) in [4.78, 5) is 15.4. The van der Waals surface area contributed by atoms with Gasteiger partial charge in [-0.2, -0.15) is 0 Å². The smallest absolute Gasteiger partial charge is 0.164 e. The molecule has 3 heteroatoms. The van der Waals surface area contributed by atoms with Crippen LogP contribution in [0, 0.1) is 0 Å². The molecule has 3 nitrogen and oxygen atoms in total. The maximum absolute atomic E-state index is 5.14. The number of rotatable bonds is 6. The van der Waals surface area contributed by atoms with Gasteiger partial charge in [-0.15, -0.1) is 0 Å². The number of hydrogen-bond donors (Lipinski definition) is 0. The molecule has 0 unspecified atom stereocenters. The van der Waals surface area contributed by atoms with E-state index in [4.69, 9.17) is 15.0 Å². The summed E-state index contributed by atoms with van der Waals surface area (Å²) in [5.41, 5.74) is 20.1. The Morgan fingerprint density at radius 3 is 1.12 bits per heavy atom. The summed E-state index contributed by atoms with van der Waals surface area (Å²) in [6.45, 7) is 0. The highest BCUT2D eigenvalue weighted by Crippen LogP contribution is 2.64. The van der Waals surface area contributed by atoms with E-state index >= 15 is 0 Å². The lowest BCUT2D eigenvalue weighted by Crippen LogP contribution is -2.25. The van der Waals surface area contributed by atoms with E-state index in [-0.39, 0.29) is 5.41 Å². The number of aromatic nitrogens is 3. The van der Waals surface area contributed by atoms with Crippen molar-refractivity contribution in [1.82, 2.24) is 15.0 Å². The Bertz CT molecular complexity index is 3480. The first-order valence-corrected chi connectivity index (χ1v) is 22.3. The number of benzene rings is 10. The van der Waals surface area contributed by atoms with Gasteiger partial charge in [0.2, 0.25) is 0 Å². The minimum Gasteiger partial charge on any atom is -0.208 e. The van der Waals surface area contributed by atoms with E-state index in [1.165, 1.54) is 66.8 Å². The molecule has 1 spiro atoms. The van der Waals surface area contributed by atoms with Gasteiger partial charge in [-0.05, 0) is 101 Å². The summed E-state index contributed by atoms with van der Waals surface area (Å²) in [6.07, 6.45) is 0. The predicted octanol–water partition coefficient (Wildman–Crippen LogP) is 15.4. The van der Waals surface area contributed by atoms with Gasteiger partial charge in [0.15, 0.2) is 17.5 Å². The van der Waals surface area contributed by atoms with Crippen LogP contribution in [0.3, 0.4) is 0 Å². The maximum atomic E-state index is 5.14. The van der Waals surface area contributed by atoms with Crippen LogP contribution in [0.4, 0.5) is 0 Å². The molecule has 0 atom stereocenters. The van der Waals surface area contributed by atoms with Crippen LogP contribution in [-0.2, 0) is 5.41 Å². The highest BCUT2D eigenvalue weighted by Gasteiger charge is 2.51. The van der Waals surface area contributed by atoms with Crippen LogP contribution in [0.15, 0.2) is 237 Å². The predicted molar refractivity (Wildman–Crippen MR) is 266 cm³/mol. The lowest BCUT2D eigenvalue weighted by atomic mass is 9.70. The first-order valence-electron chi connectivity index (χ1n) is 22.3. The maximum Gasteiger partial charge on any atom is 0.164 e. The lowest BCUT2D eigenvalue weighted by molar-refractivity contribution is 0.794. The van der Waals surface area contributed by atoms with Gasteiger partial charge in [-0.25, -0.2) is 15.0 Å². The molecule has 0 N–H and O–H groups in total. The van der Waals surface area contributed by atoms with Crippen LogP contribution in [0.2, 0.25) is 0 Å². The summed E-state index contributed by atoms with van der Waals surface area (Å²) >= 11 is 0. The topological polar surface area (TPSA) is 38.7 Å². The fraction of sp³-hybridized carbons (Fsp3) is 0.0161. The Hall–Kier alpha value is -8.53. The fourth-order valence-corrected chi connectivity index (χ4v) is 10.6. The third-order valence-electron chi connectivity index (χ3n) is 13.6. The van der Waals surface area contributed by atoms with E-state index in [0.717, 1.165) is 38.6 Å². The van der Waals surface area contributed by atoms with E-state index in [0.29, 0.717) is 17.5 Å². The second-order valence-electron chi connectivity index (χ2n) is 17.1. The van der Waals surface area contributed by atoms with Gasteiger partial charge in [0.25, 0.3) is 0 Å². The normalized spacial score (nSPS) is 12.7. The Kier molecular flexibility index (Phi) is 8.44. The van der Waals surface area contributed by atoms with Crippen molar-refractivity contribution < 1.29 is 0 Å². The zero-order valence-corrected chi connectivity index (χ0v) is 35.4. The molecule has 2 aliphatic rings. The molecule has 1 aromatic heterocycles. The molecule has 0 fully saturated rings. The van der Waals surface area contributed by atoms with Gasteiger partial charge in [0.05, 0.1) is 5.41 Å². The average Bonchev–Trinajstić information content (AvgIpc) is 3.86. The molecule has 0 saturated carbocycles. The van der Waals surface area contributed by atoms with Crippen LogP contribution >= 0.6 is 0 Å². The standard InChI is InChI=1S/C62H39N3/c1-3-14-40(15-4-1)42-26-30-44(31-27-42)59-63-60(45-32-28-43(29-33-45)41-16-5-2-6-17-41)65-61(64-59)49-37-35-46-38-48(36-34-47(46)39-49)50-21-13-25-57-58(50)53-20-9-12-24-56(53)62(57)54-22-10-7-18-51(54)52-19-8-11-23-55(52)62/h1-39H. The summed E-state index contributed by atoms with van der Waals surface area (Å²) in [5.74, 6) is 1.90. The Balaban J connectivity index is 0.911. The van der Waals surface area contributed by atoms with Crippen molar-refractivity contribution in [2.45, 2.75) is 5.41 Å². The van der Waals surface area contributed by atoms with E-state index in [1.807, 2.05) is 12.1 Å². The molecule has 0 saturated heterocycles. The third kappa shape index (κ3) is 5.86. The van der Waals surface area contributed by atoms with Gasteiger partial charge >= 0.3 is 0 Å². The van der Waals surface area contributed by atoms with Gasteiger partial charge in [0, 0.05) is 16.7 Å². The second-order valence-corrected chi connectivity index (χ2v) is 17.1. The van der Waals surface area contributed by atoms with Crippen molar-refractivity contribution in [3.05, 3.63) is 259 Å². The molecule has 0 aliphatic heterocycles. The minimum absolute atomic E-state index is 0.378.